The molecule has 5 heterocycles. The van der Waals surface area contributed by atoms with Crippen LogP contribution >= 0.6 is 0 Å². The van der Waals surface area contributed by atoms with Gasteiger partial charge < -0.3 is 29.2 Å². The lowest BCUT2D eigenvalue weighted by atomic mass is 9.98. The van der Waals surface area contributed by atoms with Gasteiger partial charge in [-0.15, -0.1) is 0 Å². The van der Waals surface area contributed by atoms with Gasteiger partial charge in [-0.1, -0.05) is 30.3 Å². The Kier molecular flexibility index (Phi) is 8.02. The molecule has 3 aromatic rings. The molecule has 4 aliphatic rings. The molecule has 0 saturated carbocycles. The van der Waals surface area contributed by atoms with Crippen LogP contribution in [0.1, 0.15) is 49.4 Å². The number of likely N-dealkylation sites (N-methyl/N-ethyl adjacent to an activating group) is 2. The number of fused-ring (bicyclic) bond motifs is 2. The topological polar surface area (TPSA) is 85.1 Å². The van der Waals surface area contributed by atoms with Crippen molar-refractivity contribution in [3.8, 4) is 6.01 Å². The summed E-state index contributed by atoms with van der Waals surface area (Å²) in [5, 5.41) is 2.56. The van der Waals surface area contributed by atoms with E-state index in [1.165, 1.54) is 40.9 Å². The summed E-state index contributed by atoms with van der Waals surface area (Å²) in [7, 11) is 4.05. The van der Waals surface area contributed by atoms with E-state index in [-0.39, 0.29) is 23.9 Å². The van der Waals surface area contributed by atoms with Crippen LogP contribution in [0.5, 0.6) is 6.01 Å². The molecule has 45 heavy (non-hydrogen) atoms. The van der Waals surface area contributed by atoms with Crippen molar-refractivity contribution in [3.63, 3.8) is 0 Å². The number of amides is 2. The van der Waals surface area contributed by atoms with Crippen molar-refractivity contribution in [1.29, 1.82) is 0 Å². The van der Waals surface area contributed by atoms with E-state index in [4.69, 9.17) is 14.7 Å². The highest BCUT2D eigenvalue weighted by molar-refractivity contribution is 5.97. The van der Waals surface area contributed by atoms with Gasteiger partial charge in [0.05, 0.1) is 18.8 Å². The van der Waals surface area contributed by atoms with Gasteiger partial charge in [-0.3, -0.25) is 9.59 Å². The van der Waals surface area contributed by atoms with Gasteiger partial charge in [0.1, 0.15) is 18.5 Å². The van der Waals surface area contributed by atoms with Crippen LogP contribution in [0.25, 0.3) is 10.8 Å². The maximum absolute atomic E-state index is 13.0. The molecule has 0 aliphatic carbocycles. The molecule has 2 atom stereocenters. The Morgan fingerprint density at radius 3 is 2.49 bits per heavy atom. The standard InChI is InChI=1S/C35H45N7O3/c1-23-8-5-9-25-10-6-12-30(32(23)25)41-19-15-28-29(20-41)36-35(45-22-27-11-7-16-38(27)3)37-33(28)40-17-13-26(14-18-40)39(4)34(44)31-21-42(31)24(2)43/h5-6,8-10,12,26-27,31H,7,11,13-22H2,1-4H3/t27-,31?,42?/m0/s1. The molecule has 0 radical (unpaired) electrons. The summed E-state index contributed by atoms with van der Waals surface area (Å²) >= 11 is 0. The van der Waals surface area contributed by atoms with Gasteiger partial charge in [-0.05, 0) is 69.6 Å². The zero-order valence-corrected chi connectivity index (χ0v) is 27.0. The molecule has 0 bridgehead atoms. The average Bonchev–Trinajstić information content (AvgIpc) is 3.77. The van der Waals surface area contributed by atoms with E-state index in [9.17, 15) is 9.59 Å². The molecule has 1 aromatic heterocycles. The Balaban J connectivity index is 1.12. The number of likely N-dealkylation sites (tertiary alicyclic amines) is 1. The number of rotatable bonds is 7. The molecule has 4 aliphatic heterocycles. The normalized spacial score (nSPS) is 22.1. The number of carbonyl (C=O) groups excluding carboxylic acids is 2. The second-order valence-electron chi connectivity index (χ2n) is 13.3. The van der Waals surface area contributed by atoms with E-state index in [1.807, 2.05) is 11.9 Å². The molecule has 2 amide bonds. The van der Waals surface area contributed by atoms with E-state index in [2.05, 4.69) is 65.1 Å². The molecule has 0 spiro atoms. The lowest BCUT2D eigenvalue weighted by Crippen LogP contribution is -2.48. The number of piperidine rings is 1. The second-order valence-corrected chi connectivity index (χ2v) is 13.3. The lowest BCUT2D eigenvalue weighted by Gasteiger charge is -2.39. The first-order valence-electron chi connectivity index (χ1n) is 16.5. The highest BCUT2D eigenvalue weighted by Crippen LogP contribution is 2.36. The molecule has 10 heteroatoms. The van der Waals surface area contributed by atoms with Crippen LogP contribution in [0, 0.1) is 6.92 Å². The SMILES string of the molecule is CC(=O)N1CC1C(=O)N(C)C1CCN(c2nc(OC[C@@H]3CCCN3C)nc3c2CCN(c2cccc4cccc(C)c24)C3)CC1. The highest BCUT2D eigenvalue weighted by atomic mass is 16.5. The van der Waals surface area contributed by atoms with Crippen LogP contribution in [-0.4, -0.2) is 108 Å². The number of hydrogen-bond donors (Lipinski definition) is 0. The quantitative estimate of drug-likeness (QED) is 0.375. The summed E-state index contributed by atoms with van der Waals surface area (Å²) in [5.74, 6) is 1.01. The molecular formula is C35H45N7O3. The molecule has 0 N–H and O–H groups in total. The molecule has 7 rings (SSSR count). The average molecular weight is 612 g/mol. The number of benzene rings is 2. The molecule has 10 nitrogen and oxygen atoms in total. The molecular weight excluding hydrogens is 566 g/mol. The van der Waals surface area contributed by atoms with Crippen LogP contribution in [0.4, 0.5) is 11.5 Å². The summed E-state index contributed by atoms with van der Waals surface area (Å²) in [4.78, 5) is 45.5. The molecule has 238 valence electrons. The smallest absolute Gasteiger partial charge is 0.318 e. The Hall–Kier alpha value is -3.92. The second kappa shape index (κ2) is 12.1. The van der Waals surface area contributed by atoms with Crippen LogP contribution < -0.4 is 14.5 Å². The minimum Gasteiger partial charge on any atom is -0.462 e. The maximum Gasteiger partial charge on any atom is 0.318 e. The van der Waals surface area contributed by atoms with E-state index >= 15 is 0 Å². The van der Waals surface area contributed by atoms with E-state index < -0.39 is 0 Å². The van der Waals surface area contributed by atoms with Crippen molar-refractivity contribution in [2.75, 3.05) is 63.2 Å². The molecule has 3 fully saturated rings. The summed E-state index contributed by atoms with van der Waals surface area (Å²) in [6.07, 6.45) is 4.91. The number of carbonyl (C=O) groups is 2. The maximum atomic E-state index is 13.0. The van der Waals surface area contributed by atoms with Crippen molar-refractivity contribution in [2.24, 2.45) is 0 Å². The number of ether oxygens (including phenoxy) is 1. The number of anilines is 2. The third-order valence-corrected chi connectivity index (χ3v) is 10.5. The molecule has 1 unspecified atom stereocenters. The van der Waals surface area contributed by atoms with Gasteiger partial charge in [-0.25, -0.2) is 0 Å². The Bertz CT molecular complexity index is 1600. The van der Waals surface area contributed by atoms with Gasteiger partial charge in [0.2, 0.25) is 11.8 Å². The van der Waals surface area contributed by atoms with Gasteiger partial charge in [0, 0.05) is 62.3 Å². The van der Waals surface area contributed by atoms with Crippen LogP contribution in [-0.2, 0) is 22.6 Å². The van der Waals surface area contributed by atoms with E-state index in [1.54, 1.807) is 4.90 Å². The number of nitrogens with zero attached hydrogens (tertiary/aromatic N) is 7. The number of aryl methyl sites for hydroxylation is 1. The summed E-state index contributed by atoms with van der Waals surface area (Å²) in [5.41, 5.74) is 4.79. The fourth-order valence-corrected chi connectivity index (χ4v) is 7.63. The fraction of sp³-hybridized carbons (Fsp3) is 0.543. The molecule has 2 aromatic carbocycles. The monoisotopic (exact) mass is 611 g/mol. The zero-order valence-electron chi connectivity index (χ0n) is 27.0. The van der Waals surface area contributed by atoms with Crippen molar-refractivity contribution >= 4 is 34.1 Å². The first kappa shape index (κ1) is 29.8. The predicted octanol–water partition coefficient (Wildman–Crippen LogP) is 3.63. The van der Waals surface area contributed by atoms with Crippen molar-refractivity contribution in [2.45, 2.75) is 70.6 Å². The minimum absolute atomic E-state index is 0.0307. The minimum atomic E-state index is -0.286. The van der Waals surface area contributed by atoms with Gasteiger partial charge in [0.25, 0.3) is 0 Å². The van der Waals surface area contributed by atoms with Crippen molar-refractivity contribution < 1.29 is 14.3 Å². The van der Waals surface area contributed by atoms with Gasteiger partial charge in [-0.2, -0.15) is 9.97 Å². The Labute approximate surface area is 265 Å². The Morgan fingerprint density at radius 1 is 1.00 bits per heavy atom. The highest BCUT2D eigenvalue weighted by Gasteiger charge is 2.45. The van der Waals surface area contributed by atoms with Crippen LogP contribution in [0.3, 0.4) is 0 Å². The van der Waals surface area contributed by atoms with Gasteiger partial charge in [0.15, 0.2) is 0 Å². The summed E-state index contributed by atoms with van der Waals surface area (Å²) in [6.45, 7) is 9.17. The van der Waals surface area contributed by atoms with Gasteiger partial charge >= 0.3 is 6.01 Å². The largest absolute Gasteiger partial charge is 0.462 e. The third-order valence-electron chi connectivity index (χ3n) is 10.5. The van der Waals surface area contributed by atoms with Crippen LogP contribution in [0.2, 0.25) is 0 Å². The first-order valence-corrected chi connectivity index (χ1v) is 16.5. The molecule has 3 saturated heterocycles. The summed E-state index contributed by atoms with van der Waals surface area (Å²) in [6, 6.07) is 13.8. The first-order chi connectivity index (χ1) is 21.8. The zero-order chi connectivity index (χ0) is 31.2. The van der Waals surface area contributed by atoms with E-state index in [0.717, 1.165) is 63.4 Å². The summed E-state index contributed by atoms with van der Waals surface area (Å²) < 4.78 is 6.35. The van der Waals surface area contributed by atoms with Crippen LogP contribution in [0.15, 0.2) is 36.4 Å². The number of aromatic nitrogens is 2. The lowest BCUT2D eigenvalue weighted by molar-refractivity contribution is -0.135. The van der Waals surface area contributed by atoms with Crippen molar-refractivity contribution in [3.05, 3.63) is 53.2 Å². The predicted molar refractivity (Wildman–Crippen MR) is 176 cm³/mol. The number of hydrogen-bond acceptors (Lipinski definition) is 8. The third kappa shape index (κ3) is 5.80. The fourth-order valence-electron chi connectivity index (χ4n) is 7.63. The van der Waals surface area contributed by atoms with Crippen molar-refractivity contribution in [1.82, 2.24) is 24.7 Å². The Morgan fingerprint density at radius 2 is 1.78 bits per heavy atom. The van der Waals surface area contributed by atoms with E-state index in [0.29, 0.717) is 31.7 Å².